The van der Waals surface area contributed by atoms with Crippen molar-refractivity contribution in [2.24, 2.45) is 4.99 Å². The molecule has 0 bridgehead atoms. The number of likely N-dealkylation sites (tertiary alicyclic amines) is 1. The number of benzene rings is 1. The molecule has 4 nitrogen and oxygen atoms in total. The fraction of sp³-hybridized carbons (Fsp3) is 0.571. The van der Waals surface area contributed by atoms with Crippen LogP contribution in [0.5, 0.6) is 0 Å². The van der Waals surface area contributed by atoms with Crippen LogP contribution in [0.4, 0.5) is 0 Å². The zero-order valence-corrected chi connectivity index (χ0v) is 18.7. The summed E-state index contributed by atoms with van der Waals surface area (Å²) in [6, 6.07) is 9.41. The van der Waals surface area contributed by atoms with Crippen molar-refractivity contribution in [3.8, 4) is 0 Å². The van der Waals surface area contributed by atoms with E-state index in [9.17, 15) is 0 Å². The van der Waals surface area contributed by atoms with E-state index < -0.39 is 0 Å². The summed E-state index contributed by atoms with van der Waals surface area (Å²) in [5, 5.41) is 6.99. The molecule has 0 saturated carbocycles. The van der Waals surface area contributed by atoms with Crippen LogP contribution in [0.15, 0.2) is 41.9 Å². The molecule has 0 aromatic heterocycles. The lowest BCUT2D eigenvalue weighted by Gasteiger charge is -2.32. The number of hydrogen-bond acceptors (Lipinski definition) is 2. The third kappa shape index (κ3) is 8.08. The second kappa shape index (κ2) is 13.1. The second-order valence-electron chi connectivity index (χ2n) is 6.69. The van der Waals surface area contributed by atoms with Crippen LogP contribution in [0, 0.1) is 0 Å². The van der Waals surface area contributed by atoms with Crippen LogP contribution in [0.3, 0.4) is 0 Å². The van der Waals surface area contributed by atoms with Gasteiger partial charge in [-0.2, -0.15) is 0 Å². The number of nitrogens with one attached hydrogen (secondary N) is 2. The second-order valence-corrected chi connectivity index (χ2v) is 6.69. The number of halogens is 1. The number of piperidine rings is 1. The van der Waals surface area contributed by atoms with Crippen molar-refractivity contribution < 1.29 is 0 Å². The minimum absolute atomic E-state index is 0. The molecule has 5 heteroatoms. The summed E-state index contributed by atoms with van der Waals surface area (Å²) in [7, 11) is 0. The summed E-state index contributed by atoms with van der Waals surface area (Å²) in [4.78, 5) is 7.22. The molecule has 2 rings (SSSR count). The summed E-state index contributed by atoms with van der Waals surface area (Å²) in [5.41, 5.74) is 2.75. The zero-order valence-electron chi connectivity index (χ0n) is 16.3. The van der Waals surface area contributed by atoms with E-state index in [0.717, 1.165) is 64.4 Å². The van der Waals surface area contributed by atoms with E-state index in [1.807, 2.05) is 6.08 Å². The molecule has 0 amide bonds. The lowest BCUT2D eigenvalue weighted by molar-refractivity contribution is 0.225. The van der Waals surface area contributed by atoms with Crippen LogP contribution < -0.4 is 10.6 Å². The average Bonchev–Trinajstić information content (AvgIpc) is 2.64. The van der Waals surface area contributed by atoms with Crippen LogP contribution in [0.1, 0.15) is 37.8 Å². The SMILES string of the molecule is C=CCN1CCC(NC(=NCCc2ccc(CC)cc2)NCC)CC1.I. The average molecular weight is 470 g/mol. The smallest absolute Gasteiger partial charge is 0.191 e. The standard InChI is InChI=1S/C21H34N4.HI/c1-4-15-25-16-12-20(13-17-25)24-21(22-6-3)23-14-11-19-9-7-18(5-2)8-10-19;/h4,7-10,20H,1,5-6,11-17H2,2-3H3,(H2,22,23,24);1H. The molecule has 1 aromatic carbocycles. The van der Waals surface area contributed by atoms with E-state index >= 15 is 0 Å². The quantitative estimate of drug-likeness (QED) is 0.264. The van der Waals surface area contributed by atoms with Gasteiger partial charge in [0.2, 0.25) is 0 Å². The highest BCUT2D eigenvalue weighted by molar-refractivity contribution is 14.0. The van der Waals surface area contributed by atoms with Gasteiger partial charge in [-0.05, 0) is 43.7 Å². The molecular formula is C21H35IN4. The van der Waals surface area contributed by atoms with Crippen molar-refractivity contribution in [2.75, 3.05) is 32.7 Å². The molecule has 0 atom stereocenters. The zero-order chi connectivity index (χ0) is 17.9. The first-order valence-corrected chi connectivity index (χ1v) is 9.71. The molecule has 2 N–H and O–H groups in total. The Balaban J connectivity index is 0.00000338. The molecule has 1 aromatic rings. The van der Waals surface area contributed by atoms with Gasteiger partial charge < -0.3 is 10.6 Å². The Labute approximate surface area is 176 Å². The van der Waals surface area contributed by atoms with E-state index in [1.165, 1.54) is 11.1 Å². The lowest BCUT2D eigenvalue weighted by atomic mass is 10.1. The van der Waals surface area contributed by atoms with Crippen molar-refractivity contribution in [2.45, 2.75) is 45.6 Å². The maximum absolute atomic E-state index is 4.77. The molecule has 0 aliphatic carbocycles. The molecule has 1 aliphatic rings. The molecule has 1 heterocycles. The van der Waals surface area contributed by atoms with Gasteiger partial charge in [0.1, 0.15) is 0 Å². The van der Waals surface area contributed by atoms with Gasteiger partial charge in [0.15, 0.2) is 5.96 Å². The van der Waals surface area contributed by atoms with Gasteiger partial charge in [-0.15, -0.1) is 30.6 Å². The number of aliphatic imine (C=N–C) groups is 1. The maximum atomic E-state index is 4.77. The Morgan fingerprint density at radius 2 is 1.85 bits per heavy atom. The minimum Gasteiger partial charge on any atom is -0.357 e. The fourth-order valence-corrected chi connectivity index (χ4v) is 3.19. The van der Waals surface area contributed by atoms with Crippen molar-refractivity contribution in [3.63, 3.8) is 0 Å². The van der Waals surface area contributed by atoms with Gasteiger partial charge in [0, 0.05) is 38.8 Å². The fourth-order valence-electron chi connectivity index (χ4n) is 3.19. The lowest BCUT2D eigenvalue weighted by Crippen LogP contribution is -2.48. The molecule has 1 aliphatic heterocycles. The third-order valence-electron chi connectivity index (χ3n) is 4.76. The van der Waals surface area contributed by atoms with Gasteiger partial charge in [-0.25, -0.2) is 0 Å². The number of aryl methyl sites for hydroxylation is 1. The van der Waals surface area contributed by atoms with Crippen LogP contribution in [-0.4, -0.2) is 49.6 Å². The number of hydrogen-bond donors (Lipinski definition) is 2. The molecule has 0 spiro atoms. The maximum Gasteiger partial charge on any atom is 0.191 e. The number of rotatable bonds is 8. The largest absolute Gasteiger partial charge is 0.357 e. The Kier molecular flexibility index (Phi) is 11.6. The van der Waals surface area contributed by atoms with Crippen molar-refractivity contribution in [1.29, 1.82) is 0 Å². The molecule has 146 valence electrons. The monoisotopic (exact) mass is 470 g/mol. The summed E-state index contributed by atoms with van der Waals surface area (Å²) in [6.07, 6.45) is 6.40. The van der Waals surface area contributed by atoms with Crippen molar-refractivity contribution in [3.05, 3.63) is 48.0 Å². The highest BCUT2D eigenvalue weighted by Crippen LogP contribution is 2.10. The van der Waals surface area contributed by atoms with Gasteiger partial charge >= 0.3 is 0 Å². The highest BCUT2D eigenvalue weighted by Gasteiger charge is 2.18. The van der Waals surface area contributed by atoms with Crippen molar-refractivity contribution in [1.82, 2.24) is 15.5 Å². The Hall–Kier alpha value is -1.08. The summed E-state index contributed by atoms with van der Waals surface area (Å²) >= 11 is 0. The molecular weight excluding hydrogens is 435 g/mol. The van der Waals surface area contributed by atoms with Gasteiger partial charge in [0.05, 0.1) is 0 Å². The Morgan fingerprint density at radius 1 is 1.19 bits per heavy atom. The van der Waals surface area contributed by atoms with Crippen LogP contribution in [0.2, 0.25) is 0 Å². The first kappa shape index (κ1) is 23.0. The van der Waals surface area contributed by atoms with Gasteiger partial charge in [-0.1, -0.05) is 37.3 Å². The van der Waals surface area contributed by atoms with E-state index in [2.05, 4.69) is 60.2 Å². The van der Waals surface area contributed by atoms with Crippen LogP contribution in [-0.2, 0) is 12.8 Å². The minimum atomic E-state index is 0. The molecule has 0 unspecified atom stereocenters. The van der Waals surface area contributed by atoms with E-state index in [0.29, 0.717) is 6.04 Å². The van der Waals surface area contributed by atoms with E-state index in [1.54, 1.807) is 0 Å². The first-order valence-electron chi connectivity index (χ1n) is 9.71. The van der Waals surface area contributed by atoms with Gasteiger partial charge in [0.25, 0.3) is 0 Å². The van der Waals surface area contributed by atoms with Crippen LogP contribution >= 0.6 is 24.0 Å². The topological polar surface area (TPSA) is 39.7 Å². The molecule has 1 saturated heterocycles. The predicted molar refractivity (Wildman–Crippen MR) is 124 cm³/mol. The van der Waals surface area contributed by atoms with E-state index in [4.69, 9.17) is 4.99 Å². The summed E-state index contributed by atoms with van der Waals surface area (Å²) in [6.45, 7) is 13.1. The predicted octanol–water partition coefficient (Wildman–Crippen LogP) is 3.62. The normalized spacial score (nSPS) is 16.0. The number of nitrogens with zero attached hydrogens (tertiary/aromatic N) is 2. The van der Waals surface area contributed by atoms with E-state index in [-0.39, 0.29) is 24.0 Å². The molecule has 26 heavy (non-hydrogen) atoms. The number of guanidine groups is 1. The third-order valence-corrected chi connectivity index (χ3v) is 4.76. The molecule has 0 radical (unpaired) electrons. The van der Waals surface area contributed by atoms with Crippen molar-refractivity contribution >= 4 is 29.9 Å². The highest BCUT2D eigenvalue weighted by atomic mass is 127. The van der Waals surface area contributed by atoms with Gasteiger partial charge in [-0.3, -0.25) is 9.89 Å². The molecule has 1 fully saturated rings. The Bertz CT molecular complexity index is 533. The van der Waals surface area contributed by atoms with Crippen LogP contribution in [0.25, 0.3) is 0 Å². The summed E-state index contributed by atoms with van der Waals surface area (Å²) < 4.78 is 0. The summed E-state index contributed by atoms with van der Waals surface area (Å²) in [5.74, 6) is 0.954. The Morgan fingerprint density at radius 3 is 2.42 bits per heavy atom. The first-order chi connectivity index (χ1) is 12.2.